The lowest BCUT2D eigenvalue weighted by atomic mass is 10.1. The summed E-state index contributed by atoms with van der Waals surface area (Å²) in [6, 6.07) is 6.06. The molecule has 1 rings (SSSR count). The van der Waals surface area contributed by atoms with E-state index in [1.165, 1.54) is 0 Å². The smallest absolute Gasteiger partial charge is 0.326 e. The van der Waals surface area contributed by atoms with Crippen LogP contribution in [0.4, 0.5) is 0 Å². The van der Waals surface area contributed by atoms with Crippen LogP contribution < -0.4 is 14.8 Å². The van der Waals surface area contributed by atoms with Crippen molar-refractivity contribution in [3.05, 3.63) is 24.3 Å². The molecule has 0 saturated heterocycles. The molecule has 0 saturated carbocycles. The average molecular weight is 309 g/mol. The van der Waals surface area contributed by atoms with Crippen molar-refractivity contribution in [3.8, 4) is 11.5 Å². The first-order chi connectivity index (χ1) is 10.4. The minimum absolute atomic E-state index is 0.202. The first kappa shape index (κ1) is 17.8. The number of carboxylic acid groups (broad SMARTS) is 1. The number of nitrogens with one attached hydrogen (secondary N) is 1. The maximum atomic E-state index is 11.8. The maximum absolute atomic E-state index is 11.8. The highest BCUT2D eigenvalue weighted by molar-refractivity contribution is 5.84. The Hall–Kier alpha value is -2.24. The van der Waals surface area contributed by atoms with Gasteiger partial charge in [0.15, 0.2) is 6.61 Å². The second-order valence-corrected chi connectivity index (χ2v) is 5.24. The summed E-state index contributed by atoms with van der Waals surface area (Å²) in [5.41, 5.74) is 0. The Morgan fingerprint density at radius 1 is 1.23 bits per heavy atom. The summed E-state index contributed by atoms with van der Waals surface area (Å²) in [4.78, 5) is 22.8. The van der Waals surface area contributed by atoms with E-state index < -0.39 is 17.9 Å². The zero-order valence-corrected chi connectivity index (χ0v) is 13.2. The number of carbonyl (C=O) groups is 2. The molecule has 0 aliphatic heterocycles. The third-order valence-corrected chi connectivity index (χ3v) is 2.90. The first-order valence-corrected chi connectivity index (χ1v) is 7.31. The van der Waals surface area contributed by atoms with Crippen molar-refractivity contribution >= 4 is 11.9 Å². The van der Waals surface area contributed by atoms with Crippen LogP contribution in [-0.4, -0.2) is 36.2 Å². The van der Waals surface area contributed by atoms with Crippen LogP contribution in [0.5, 0.6) is 11.5 Å². The molecule has 122 valence electrons. The lowest BCUT2D eigenvalue weighted by molar-refractivity contribution is -0.143. The molecule has 1 aromatic rings. The van der Waals surface area contributed by atoms with E-state index in [0.29, 0.717) is 18.1 Å². The zero-order valence-electron chi connectivity index (χ0n) is 13.2. The Morgan fingerprint density at radius 3 is 2.41 bits per heavy atom. The average Bonchev–Trinajstić information content (AvgIpc) is 2.48. The largest absolute Gasteiger partial charge is 0.493 e. The van der Waals surface area contributed by atoms with Gasteiger partial charge in [-0.15, -0.1) is 0 Å². The minimum Gasteiger partial charge on any atom is -0.493 e. The summed E-state index contributed by atoms with van der Waals surface area (Å²) in [5.74, 6) is -0.558. The molecule has 0 radical (unpaired) electrons. The second kappa shape index (κ2) is 8.92. The second-order valence-electron chi connectivity index (χ2n) is 5.24. The lowest BCUT2D eigenvalue weighted by Gasteiger charge is -2.18. The molecule has 1 unspecified atom stereocenters. The van der Waals surface area contributed by atoms with Gasteiger partial charge in [0.2, 0.25) is 0 Å². The standard InChI is InChI=1S/C16H23NO5/c1-4-8-21-12-6-5-7-13(9-12)22-10-14(18)17-15(11(2)3)16(19)20/h5-7,9,11,15H,4,8,10H2,1-3H3,(H,17,18)(H,19,20). The number of amides is 1. The van der Waals surface area contributed by atoms with E-state index >= 15 is 0 Å². The van der Waals surface area contributed by atoms with Crippen molar-refractivity contribution in [2.24, 2.45) is 5.92 Å². The van der Waals surface area contributed by atoms with Crippen LogP contribution in [0.1, 0.15) is 27.2 Å². The van der Waals surface area contributed by atoms with E-state index in [-0.39, 0.29) is 12.5 Å². The van der Waals surface area contributed by atoms with Crippen molar-refractivity contribution in [3.63, 3.8) is 0 Å². The molecule has 0 aliphatic rings. The molecule has 0 spiro atoms. The van der Waals surface area contributed by atoms with Gasteiger partial charge in [0.25, 0.3) is 5.91 Å². The maximum Gasteiger partial charge on any atom is 0.326 e. The molecular formula is C16H23NO5. The van der Waals surface area contributed by atoms with E-state index in [9.17, 15) is 9.59 Å². The quantitative estimate of drug-likeness (QED) is 0.729. The van der Waals surface area contributed by atoms with E-state index in [1.54, 1.807) is 32.0 Å². The van der Waals surface area contributed by atoms with E-state index in [4.69, 9.17) is 14.6 Å². The molecule has 1 aromatic carbocycles. The summed E-state index contributed by atoms with van der Waals surface area (Å²) >= 11 is 0. The SMILES string of the molecule is CCCOc1cccc(OCC(=O)NC(C(=O)O)C(C)C)c1. The molecule has 22 heavy (non-hydrogen) atoms. The van der Waals surface area contributed by atoms with Crippen LogP contribution >= 0.6 is 0 Å². The highest BCUT2D eigenvalue weighted by atomic mass is 16.5. The van der Waals surface area contributed by atoms with Gasteiger partial charge in [0, 0.05) is 6.07 Å². The number of aliphatic carboxylic acids is 1. The molecule has 6 heteroatoms. The Bertz CT molecular complexity index is 501. The van der Waals surface area contributed by atoms with Gasteiger partial charge in [-0.25, -0.2) is 4.79 Å². The summed E-state index contributed by atoms with van der Waals surface area (Å²) in [6.45, 7) is 5.84. The van der Waals surface area contributed by atoms with Gasteiger partial charge in [-0.05, 0) is 24.5 Å². The molecule has 0 aromatic heterocycles. The Balaban J connectivity index is 2.51. The van der Waals surface area contributed by atoms with Crippen LogP contribution in [0.25, 0.3) is 0 Å². The number of hydrogen-bond donors (Lipinski definition) is 2. The van der Waals surface area contributed by atoms with Crippen molar-refractivity contribution in [2.75, 3.05) is 13.2 Å². The van der Waals surface area contributed by atoms with Crippen LogP contribution in [0, 0.1) is 5.92 Å². The number of hydrogen-bond acceptors (Lipinski definition) is 4. The molecule has 6 nitrogen and oxygen atoms in total. The Morgan fingerprint density at radius 2 is 1.86 bits per heavy atom. The number of carboxylic acids is 1. The third-order valence-electron chi connectivity index (χ3n) is 2.90. The highest BCUT2D eigenvalue weighted by Crippen LogP contribution is 2.19. The van der Waals surface area contributed by atoms with Gasteiger partial charge in [-0.3, -0.25) is 4.79 Å². The van der Waals surface area contributed by atoms with Crippen LogP contribution in [0.2, 0.25) is 0 Å². The molecule has 2 N–H and O–H groups in total. The monoisotopic (exact) mass is 309 g/mol. The number of ether oxygens (including phenoxy) is 2. The van der Waals surface area contributed by atoms with Gasteiger partial charge in [0.1, 0.15) is 17.5 Å². The normalized spacial score (nSPS) is 11.8. The molecule has 0 aliphatic carbocycles. The predicted molar refractivity (Wildman–Crippen MR) is 82.1 cm³/mol. The number of rotatable bonds is 9. The van der Waals surface area contributed by atoms with E-state index in [2.05, 4.69) is 5.32 Å². The minimum atomic E-state index is -1.06. The number of benzene rings is 1. The van der Waals surface area contributed by atoms with Crippen LogP contribution in [0.3, 0.4) is 0 Å². The van der Waals surface area contributed by atoms with Crippen LogP contribution in [0.15, 0.2) is 24.3 Å². The fraction of sp³-hybridized carbons (Fsp3) is 0.500. The van der Waals surface area contributed by atoms with Gasteiger partial charge in [0.05, 0.1) is 6.61 Å². The third kappa shape index (κ3) is 6.03. The van der Waals surface area contributed by atoms with E-state index in [0.717, 1.165) is 6.42 Å². The molecule has 1 atom stereocenters. The van der Waals surface area contributed by atoms with Gasteiger partial charge >= 0.3 is 5.97 Å². The molecule has 1 amide bonds. The summed E-state index contributed by atoms with van der Waals surface area (Å²) in [6.07, 6.45) is 0.902. The zero-order chi connectivity index (χ0) is 16.5. The van der Waals surface area contributed by atoms with Gasteiger partial charge in [-0.2, -0.15) is 0 Å². The van der Waals surface area contributed by atoms with Gasteiger partial charge < -0.3 is 19.9 Å². The van der Waals surface area contributed by atoms with Crippen molar-refractivity contribution in [2.45, 2.75) is 33.2 Å². The molecular weight excluding hydrogens is 286 g/mol. The summed E-state index contributed by atoms with van der Waals surface area (Å²) in [7, 11) is 0. The summed E-state index contributed by atoms with van der Waals surface area (Å²) < 4.78 is 10.8. The first-order valence-electron chi connectivity index (χ1n) is 7.31. The fourth-order valence-electron chi connectivity index (χ4n) is 1.75. The topological polar surface area (TPSA) is 84.9 Å². The predicted octanol–water partition coefficient (Wildman–Crippen LogP) is 2.08. The summed E-state index contributed by atoms with van der Waals surface area (Å²) in [5, 5.41) is 11.5. The van der Waals surface area contributed by atoms with Crippen molar-refractivity contribution in [1.82, 2.24) is 5.32 Å². The lowest BCUT2D eigenvalue weighted by Crippen LogP contribution is -2.46. The molecule has 0 heterocycles. The molecule has 0 bridgehead atoms. The Kier molecular flexibility index (Phi) is 7.22. The molecule has 0 fully saturated rings. The van der Waals surface area contributed by atoms with Crippen LogP contribution in [-0.2, 0) is 9.59 Å². The van der Waals surface area contributed by atoms with Crippen molar-refractivity contribution < 1.29 is 24.2 Å². The van der Waals surface area contributed by atoms with E-state index in [1.807, 2.05) is 13.0 Å². The fourth-order valence-corrected chi connectivity index (χ4v) is 1.75. The van der Waals surface area contributed by atoms with Crippen molar-refractivity contribution in [1.29, 1.82) is 0 Å². The van der Waals surface area contributed by atoms with Gasteiger partial charge in [-0.1, -0.05) is 26.8 Å². The Labute approximate surface area is 130 Å². The highest BCUT2D eigenvalue weighted by Gasteiger charge is 2.23. The number of carbonyl (C=O) groups excluding carboxylic acids is 1.